The van der Waals surface area contributed by atoms with Crippen molar-refractivity contribution in [3.8, 4) is 0 Å². The molecular formula is C11H14O2S. The first kappa shape index (κ1) is 11.0. The maximum absolute atomic E-state index is 10.7. The van der Waals surface area contributed by atoms with Gasteiger partial charge in [0.25, 0.3) is 0 Å². The van der Waals surface area contributed by atoms with Crippen LogP contribution in [-0.2, 0) is 11.2 Å². The summed E-state index contributed by atoms with van der Waals surface area (Å²) in [6.07, 6.45) is 1.00. The molecule has 0 aromatic carbocycles. The van der Waals surface area contributed by atoms with Gasteiger partial charge in [-0.15, -0.1) is 11.3 Å². The number of aryl methyl sites for hydroxylation is 1. The maximum Gasteiger partial charge on any atom is 0.331 e. The molecule has 0 atom stereocenters. The van der Waals surface area contributed by atoms with E-state index in [4.69, 9.17) is 5.11 Å². The van der Waals surface area contributed by atoms with Crippen LogP contribution in [0.15, 0.2) is 17.7 Å². The molecule has 0 saturated carbocycles. The number of allylic oxidation sites excluding steroid dienone is 1. The molecule has 2 nitrogen and oxygen atoms in total. The van der Waals surface area contributed by atoms with Gasteiger partial charge >= 0.3 is 5.97 Å². The average molecular weight is 210 g/mol. The highest BCUT2D eigenvalue weighted by molar-refractivity contribution is 7.13. The second-order valence-electron chi connectivity index (χ2n) is 3.17. The molecule has 1 heterocycles. The van der Waals surface area contributed by atoms with E-state index in [9.17, 15) is 4.79 Å². The van der Waals surface area contributed by atoms with Crippen LogP contribution in [-0.4, -0.2) is 11.1 Å². The zero-order valence-electron chi connectivity index (χ0n) is 8.63. The van der Waals surface area contributed by atoms with E-state index < -0.39 is 5.97 Å². The monoisotopic (exact) mass is 210 g/mol. The molecule has 0 fully saturated rings. The molecule has 0 aliphatic rings. The van der Waals surface area contributed by atoms with E-state index >= 15 is 0 Å². The average Bonchev–Trinajstić information content (AvgIpc) is 2.63. The van der Waals surface area contributed by atoms with Gasteiger partial charge in [0.2, 0.25) is 0 Å². The third-order valence-corrected chi connectivity index (χ3v) is 3.61. The molecule has 0 amide bonds. The van der Waals surface area contributed by atoms with Crippen molar-refractivity contribution in [3.63, 3.8) is 0 Å². The topological polar surface area (TPSA) is 37.3 Å². The minimum absolute atomic E-state index is 0.425. The minimum atomic E-state index is -0.839. The van der Waals surface area contributed by atoms with E-state index in [0.29, 0.717) is 5.57 Å². The Morgan fingerprint density at radius 3 is 2.50 bits per heavy atom. The van der Waals surface area contributed by atoms with Crippen molar-refractivity contribution in [1.82, 2.24) is 0 Å². The van der Waals surface area contributed by atoms with E-state index in [1.54, 1.807) is 18.3 Å². The first-order chi connectivity index (χ1) is 6.56. The molecule has 0 aliphatic carbocycles. The normalized spacial score (nSPS) is 12.5. The number of rotatable bonds is 3. The first-order valence-corrected chi connectivity index (χ1v) is 5.37. The minimum Gasteiger partial charge on any atom is -0.478 e. The van der Waals surface area contributed by atoms with Gasteiger partial charge in [0.15, 0.2) is 0 Å². The van der Waals surface area contributed by atoms with Crippen molar-refractivity contribution in [2.45, 2.75) is 27.2 Å². The number of carbonyl (C=O) groups is 1. The van der Waals surface area contributed by atoms with Gasteiger partial charge < -0.3 is 5.11 Å². The lowest BCUT2D eigenvalue weighted by Crippen LogP contribution is -1.98. The van der Waals surface area contributed by atoms with E-state index in [2.05, 4.69) is 13.0 Å². The highest BCUT2D eigenvalue weighted by atomic mass is 32.1. The lowest BCUT2D eigenvalue weighted by atomic mass is 10.1. The van der Waals surface area contributed by atoms with Crippen molar-refractivity contribution in [3.05, 3.63) is 27.5 Å². The fourth-order valence-corrected chi connectivity index (χ4v) is 2.12. The summed E-state index contributed by atoms with van der Waals surface area (Å²) < 4.78 is 0. The largest absolute Gasteiger partial charge is 0.478 e. The van der Waals surface area contributed by atoms with Crippen LogP contribution in [0.5, 0.6) is 0 Å². The van der Waals surface area contributed by atoms with Crippen LogP contribution in [0.4, 0.5) is 0 Å². The lowest BCUT2D eigenvalue weighted by molar-refractivity contribution is -0.132. The van der Waals surface area contributed by atoms with Gasteiger partial charge in [0.05, 0.1) is 0 Å². The van der Waals surface area contributed by atoms with Crippen molar-refractivity contribution in [2.24, 2.45) is 0 Å². The van der Waals surface area contributed by atoms with Gasteiger partial charge in [-0.25, -0.2) is 4.79 Å². The molecule has 0 saturated heterocycles. The van der Waals surface area contributed by atoms with E-state index in [1.807, 2.05) is 13.0 Å². The Bertz CT molecular complexity index is 374. The third-order valence-electron chi connectivity index (χ3n) is 2.26. The van der Waals surface area contributed by atoms with Gasteiger partial charge in [0.1, 0.15) is 0 Å². The Hall–Kier alpha value is -1.09. The summed E-state index contributed by atoms with van der Waals surface area (Å²) >= 11 is 1.67. The summed E-state index contributed by atoms with van der Waals surface area (Å²) in [4.78, 5) is 13.1. The molecule has 0 spiro atoms. The van der Waals surface area contributed by atoms with Crippen LogP contribution in [0.1, 0.15) is 30.5 Å². The molecule has 14 heavy (non-hydrogen) atoms. The second-order valence-corrected chi connectivity index (χ2v) is 4.34. The number of thiophene rings is 1. The summed E-state index contributed by atoms with van der Waals surface area (Å²) in [6, 6.07) is 4.05. The predicted octanol–water partition coefficient (Wildman–Crippen LogP) is 3.19. The maximum atomic E-state index is 10.7. The van der Waals surface area contributed by atoms with Crippen molar-refractivity contribution in [1.29, 1.82) is 0 Å². The Labute approximate surface area is 87.9 Å². The number of carboxylic acid groups (broad SMARTS) is 1. The molecular weight excluding hydrogens is 196 g/mol. The lowest BCUT2D eigenvalue weighted by Gasteiger charge is -2.00. The molecule has 1 N–H and O–H groups in total. The van der Waals surface area contributed by atoms with Gasteiger partial charge in [0, 0.05) is 15.3 Å². The second kappa shape index (κ2) is 4.42. The van der Waals surface area contributed by atoms with Crippen LogP contribution in [0.2, 0.25) is 0 Å². The summed E-state index contributed by atoms with van der Waals surface area (Å²) in [7, 11) is 0. The van der Waals surface area contributed by atoms with E-state index in [1.165, 1.54) is 4.88 Å². The smallest absolute Gasteiger partial charge is 0.331 e. The third kappa shape index (κ3) is 2.23. The van der Waals surface area contributed by atoms with E-state index in [0.717, 1.165) is 16.9 Å². The van der Waals surface area contributed by atoms with Crippen LogP contribution < -0.4 is 0 Å². The van der Waals surface area contributed by atoms with Gasteiger partial charge in [-0.3, -0.25) is 0 Å². The summed E-state index contributed by atoms with van der Waals surface area (Å²) in [5, 5.41) is 8.82. The molecule has 3 heteroatoms. The molecule has 1 aromatic rings. The molecule has 0 unspecified atom stereocenters. The van der Waals surface area contributed by atoms with Crippen molar-refractivity contribution >= 4 is 22.9 Å². The molecule has 1 rings (SSSR count). The van der Waals surface area contributed by atoms with Crippen LogP contribution >= 0.6 is 11.3 Å². The Balaban J connectivity index is 3.05. The van der Waals surface area contributed by atoms with Gasteiger partial charge in [-0.05, 0) is 38.0 Å². The Morgan fingerprint density at radius 2 is 2.07 bits per heavy atom. The number of hydrogen-bond donors (Lipinski definition) is 1. The summed E-state index contributed by atoms with van der Waals surface area (Å²) in [6.45, 7) is 5.59. The number of aliphatic carboxylic acids is 1. The quantitative estimate of drug-likeness (QED) is 0.778. The zero-order valence-corrected chi connectivity index (χ0v) is 9.44. The van der Waals surface area contributed by atoms with Crippen LogP contribution in [0.25, 0.3) is 5.57 Å². The SMILES string of the molecule is CCc1ccc(C(C)=C(C)C(=O)O)s1. The number of hydrogen-bond acceptors (Lipinski definition) is 2. The zero-order chi connectivity index (χ0) is 10.7. The summed E-state index contributed by atoms with van der Waals surface area (Å²) in [5.74, 6) is -0.839. The Morgan fingerprint density at radius 1 is 1.43 bits per heavy atom. The fraction of sp³-hybridized carbons (Fsp3) is 0.364. The highest BCUT2D eigenvalue weighted by Gasteiger charge is 2.08. The van der Waals surface area contributed by atoms with Crippen LogP contribution in [0.3, 0.4) is 0 Å². The molecule has 0 radical (unpaired) electrons. The molecule has 1 aromatic heterocycles. The first-order valence-electron chi connectivity index (χ1n) is 4.56. The van der Waals surface area contributed by atoms with Crippen molar-refractivity contribution < 1.29 is 9.90 Å². The number of carboxylic acids is 1. The standard InChI is InChI=1S/C11H14O2S/c1-4-9-5-6-10(14-9)7(2)8(3)11(12)13/h5-6H,4H2,1-3H3,(H,12,13). The highest BCUT2D eigenvalue weighted by Crippen LogP contribution is 2.26. The summed E-state index contributed by atoms with van der Waals surface area (Å²) in [5.41, 5.74) is 1.29. The molecule has 0 aliphatic heterocycles. The Kier molecular flexibility index (Phi) is 3.47. The van der Waals surface area contributed by atoms with Crippen LogP contribution in [0, 0.1) is 0 Å². The van der Waals surface area contributed by atoms with Gasteiger partial charge in [-0.2, -0.15) is 0 Å². The van der Waals surface area contributed by atoms with Gasteiger partial charge in [-0.1, -0.05) is 6.92 Å². The van der Waals surface area contributed by atoms with E-state index in [-0.39, 0.29) is 0 Å². The fourth-order valence-electron chi connectivity index (χ4n) is 1.11. The predicted molar refractivity (Wildman–Crippen MR) is 59.6 cm³/mol. The van der Waals surface area contributed by atoms with Crippen molar-refractivity contribution in [2.75, 3.05) is 0 Å². The molecule has 76 valence electrons. The molecule has 0 bridgehead atoms.